The minimum absolute atomic E-state index is 0.163. The van der Waals surface area contributed by atoms with Crippen LogP contribution >= 0.6 is 23.1 Å². The molecule has 0 bridgehead atoms. The smallest absolute Gasteiger partial charge is 0.309 e. The second kappa shape index (κ2) is 7.54. The molecular formula is C15H11N3O6S2. The van der Waals surface area contributed by atoms with E-state index in [0.29, 0.717) is 11.5 Å². The predicted octanol–water partition coefficient (Wildman–Crippen LogP) is 2.04. The van der Waals surface area contributed by atoms with E-state index in [-0.39, 0.29) is 16.5 Å². The first-order valence-electron chi connectivity index (χ1n) is 7.17. The number of hydrogen-bond acceptors (Lipinski definition) is 8. The second-order valence-corrected chi connectivity index (χ2v) is 6.90. The molecule has 1 fully saturated rings. The van der Waals surface area contributed by atoms with Gasteiger partial charge >= 0.3 is 5.97 Å². The molecule has 1 aliphatic rings. The van der Waals surface area contributed by atoms with E-state index in [9.17, 15) is 19.2 Å². The third-order valence-electron chi connectivity index (χ3n) is 3.12. The molecule has 0 aliphatic carbocycles. The summed E-state index contributed by atoms with van der Waals surface area (Å²) >= 11 is 1.78. The lowest BCUT2D eigenvalue weighted by Crippen LogP contribution is -2.36. The van der Waals surface area contributed by atoms with E-state index in [4.69, 9.17) is 9.52 Å². The minimum atomic E-state index is -1.03. The normalized spacial score (nSPS) is 15.7. The van der Waals surface area contributed by atoms with E-state index in [1.165, 1.54) is 17.7 Å². The number of nitrogens with zero attached hydrogens (tertiary/aromatic N) is 2. The number of amides is 3. The fourth-order valence-electron chi connectivity index (χ4n) is 2.04. The van der Waals surface area contributed by atoms with E-state index >= 15 is 0 Å². The summed E-state index contributed by atoms with van der Waals surface area (Å²) in [5, 5.41) is 12.3. The maximum absolute atomic E-state index is 12.3. The van der Waals surface area contributed by atoms with Crippen LogP contribution in [0.4, 0.5) is 9.93 Å². The van der Waals surface area contributed by atoms with Crippen LogP contribution in [-0.4, -0.2) is 44.6 Å². The lowest BCUT2D eigenvalue weighted by molar-refractivity contribution is -0.136. The molecule has 0 saturated carbocycles. The summed E-state index contributed by atoms with van der Waals surface area (Å²) < 4.78 is 5.10. The fourth-order valence-corrected chi connectivity index (χ4v) is 3.59. The highest BCUT2D eigenvalue weighted by Crippen LogP contribution is 2.32. The summed E-state index contributed by atoms with van der Waals surface area (Å²) in [5.41, 5.74) is 0.311. The Hall–Kier alpha value is -2.92. The predicted molar refractivity (Wildman–Crippen MR) is 93.5 cm³/mol. The summed E-state index contributed by atoms with van der Waals surface area (Å²) in [6.07, 6.45) is 2.62. The third kappa shape index (κ3) is 4.18. The van der Waals surface area contributed by atoms with Crippen molar-refractivity contribution in [1.29, 1.82) is 0 Å². The summed E-state index contributed by atoms with van der Waals surface area (Å²) in [5.74, 6) is -1.80. The van der Waals surface area contributed by atoms with Crippen molar-refractivity contribution in [2.45, 2.75) is 6.42 Å². The van der Waals surface area contributed by atoms with Crippen molar-refractivity contribution in [3.8, 4) is 0 Å². The quantitative estimate of drug-likeness (QED) is 0.713. The number of aliphatic carboxylic acids is 1. The molecule has 9 nitrogen and oxygen atoms in total. The largest absolute Gasteiger partial charge is 0.481 e. The molecule has 1 aliphatic heterocycles. The van der Waals surface area contributed by atoms with Crippen molar-refractivity contribution in [3.63, 3.8) is 0 Å². The standard InChI is InChI=1S/C15H11N3O6S2/c19-11(17-14-16-8(7-25-14)4-12(20)21)6-18-13(22)10(26-15(18)23)5-9-2-1-3-24-9/h1-3,5,7H,4,6H2,(H,20,21)(H,16,17,19)/b10-5-. The number of thioether (sulfide) groups is 1. The number of imide groups is 1. The van der Waals surface area contributed by atoms with Gasteiger partial charge < -0.3 is 14.8 Å². The molecule has 134 valence electrons. The number of thiazole rings is 1. The molecule has 26 heavy (non-hydrogen) atoms. The van der Waals surface area contributed by atoms with Crippen LogP contribution in [0.5, 0.6) is 0 Å². The van der Waals surface area contributed by atoms with Crippen LogP contribution < -0.4 is 5.32 Å². The molecule has 0 aromatic carbocycles. The Kier molecular flexibility index (Phi) is 5.19. The van der Waals surface area contributed by atoms with Gasteiger partial charge in [0.15, 0.2) is 5.13 Å². The molecule has 2 N–H and O–H groups in total. The number of carbonyl (C=O) groups excluding carboxylic acids is 3. The molecule has 3 rings (SSSR count). The number of carboxylic acid groups (broad SMARTS) is 1. The maximum Gasteiger partial charge on any atom is 0.309 e. The lowest BCUT2D eigenvalue weighted by Gasteiger charge is -2.11. The van der Waals surface area contributed by atoms with Crippen LogP contribution in [0.15, 0.2) is 33.1 Å². The zero-order chi connectivity index (χ0) is 18.7. The van der Waals surface area contributed by atoms with Gasteiger partial charge in [0.2, 0.25) is 5.91 Å². The van der Waals surface area contributed by atoms with Gasteiger partial charge in [0, 0.05) is 11.5 Å². The zero-order valence-electron chi connectivity index (χ0n) is 13.0. The highest BCUT2D eigenvalue weighted by molar-refractivity contribution is 8.18. The number of rotatable bonds is 6. The highest BCUT2D eigenvalue weighted by Gasteiger charge is 2.36. The Bertz CT molecular complexity index is 902. The van der Waals surface area contributed by atoms with Crippen molar-refractivity contribution in [2.75, 3.05) is 11.9 Å². The molecule has 0 radical (unpaired) electrons. The Morgan fingerprint density at radius 3 is 2.88 bits per heavy atom. The molecule has 0 atom stereocenters. The average molecular weight is 393 g/mol. The van der Waals surface area contributed by atoms with Crippen LogP contribution in [0.25, 0.3) is 6.08 Å². The first-order valence-corrected chi connectivity index (χ1v) is 8.87. The van der Waals surface area contributed by atoms with Crippen molar-refractivity contribution in [3.05, 3.63) is 40.1 Å². The van der Waals surface area contributed by atoms with E-state index in [2.05, 4.69) is 10.3 Å². The molecule has 3 heterocycles. The molecule has 0 spiro atoms. The van der Waals surface area contributed by atoms with E-state index in [1.807, 2.05) is 0 Å². The van der Waals surface area contributed by atoms with Gasteiger partial charge in [0.25, 0.3) is 11.1 Å². The van der Waals surface area contributed by atoms with Crippen molar-refractivity contribution in [2.24, 2.45) is 0 Å². The van der Waals surface area contributed by atoms with Crippen molar-refractivity contribution in [1.82, 2.24) is 9.88 Å². The van der Waals surface area contributed by atoms with E-state index in [1.54, 1.807) is 12.1 Å². The van der Waals surface area contributed by atoms with Crippen molar-refractivity contribution >= 4 is 57.3 Å². The number of carbonyl (C=O) groups is 4. The van der Waals surface area contributed by atoms with Gasteiger partial charge in [-0.3, -0.25) is 24.1 Å². The monoisotopic (exact) mass is 393 g/mol. The van der Waals surface area contributed by atoms with Gasteiger partial charge in [-0.25, -0.2) is 4.98 Å². The summed E-state index contributed by atoms with van der Waals surface area (Å²) in [7, 11) is 0. The van der Waals surface area contributed by atoms with Crippen LogP contribution in [0, 0.1) is 0 Å². The average Bonchev–Trinajstić information content (AvgIpc) is 3.27. The molecular weight excluding hydrogens is 382 g/mol. The molecule has 2 aromatic rings. The number of carboxylic acids is 1. The number of nitrogens with one attached hydrogen (secondary N) is 1. The summed E-state index contributed by atoms with van der Waals surface area (Å²) in [6.45, 7) is -0.464. The Labute approximate surface area is 154 Å². The minimum Gasteiger partial charge on any atom is -0.481 e. The number of anilines is 1. The van der Waals surface area contributed by atoms with Crippen LogP contribution in [0.3, 0.4) is 0 Å². The van der Waals surface area contributed by atoms with Crippen LogP contribution in [0.1, 0.15) is 11.5 Å². The van der Waals surface area contributed by atoms with Gasteiger partial charge in [0.1, 0.15) is 12.3 Å². The lowest BCUT2D eigenvalue weighted by atomic mass is 10.3. The number of hydrogen-bond donors (Lipinski definition) is 2. The van der Waals surface area contributed by atoms with Gasteiger partial charge in [-0.2, -0.15) is 0 Å². The fraction of sp³-hybridized carbons (Fsp3) is 0.133. The maximum atomic E-state index is 12.3. The SMILES string of the molecule is O=C(O)Cc1csc(NC(=O)CN2C(=O)S/C(=C\c3ccco3)C2=O)n1. The summed E-state index contributed by atoms with van der Waals surface area (Å²) in [4.78, 5) is 51.9. The van der Waals surface area contributed by atoms with E-state index < -0.39 is 29.6 Å². The topological polar surface area (TPSA) is 130 Å². The second-order valence-electron chi connectivity index (χ2n) is 5.05. The van der Waals surface area contributed by atoms with Crippen LogP contribution in [-0.2, 0) is 20.8 Å². The first kappa shape index (κ1) is 17.9. The number of aromatic nitrogens is 1. The molecule has 11 heteroatoms. The highest BCUT2D eigenvalue weighted by atomic mass is 32.2. The summed E-state index contributed by atoms with van der Waals surface area (Å²) in [6, 6.07) is 3.29. The van der Waals surface area contributed by atoms with Gasteiger partial charge in [-0.15, -0.1) is 11.3 Å². The molecule has 1 saturated heterocycles. The third-order valence-corrected chi connectivity index (χ3v) is 4.84. The molecule has 3 amide bonds. The van der Waals surface area contributed by atoms with Crippen molar-refractivity contribution < 1.29 is 28.7 Å². The molecule has 2 aromatic heterocycles. The van der Waals surface area contributed by atoms with Gasteiger partial charge in [-0.05, 0) is 23.9 Å². The Balaban J connectivity index is 1.62. The zero-order valence-corrected chi connectivity index (χ0v) is 14.6. The van der Waals surface area contributed by atoms with E-state index in [0.717, 1.165) is 28.0 Å². The number of furan rings is 1. The first-order chi connectivity index (χ1) is 12.4. The van der Waals surface area contributed by atoms with Crippen LogP contribution in [0.2, 0.25) is 0 Å². The van der Waals surface area contributed by atoms with Gasteiger partial charge in [-0.1, -0.05) is 0 Å². The Morgan fingerprint density at radius 2 is 2.19 bits per heavy atom. The molecule has 0 unspecified atom stereocenters. The van der Waals surface area contributed by atoms with Gasteiger partial charge in [0.05, 0.1) is 23.3 Å². The Morgan fingerprint density at radius 1 is 1.38 bits per heavy atom.